The predicted octanol–water partition coefficient (Wildman–Crippen LogP) is 1.61. The molecule has 2 N–H and O–H groups in total. The highest BCUT2D eigenvalue weighted by Crippen LogP contribution is 2.19. The molecule has 0 radical (unpaired) electrons. The van der Waals surface area contributed by atoms with Crippen molar-refractivity contribution in [3.63, 3.8) is 0 Å². The number of likely N-dealkylation sites (tertiary alicyclic amines) is 1. The van der Waals surface area contributed by atoms with Gasteiger partial charge < -0.3 is 20.1 Å². The fourth-order valence-corrected chi connectivity index (χ4v) is 1.94. The second-order valence-electron chi connectivity index (χ2n) is 5.77. The molecule has 0 bridgehead atoms. The van der Waals surface area contributed by atoms with Gasteiger partial charge in [0.25, 0.3) is 0 Å². The highest BCUT2D eigenvalue weighted by atomic mass is 16.6. The minimum atomic E-state index is -0.418. The number of ether oxygens (including phenoxy) is 2. The second kappa shape index (κ2) is 6.95. The van der Waals surface area contributed by atoms with Crippen LogP contribution in [-0.2, 0) is 9.47 Å². The minimum absolute atomic E-state index is 0.205. The summed E-state index contributed by atoms with van der Waals surface area (Å²) in [5, 5.41) is 0. The van der Waals surface area contributed by atoms with E-state index < -0.39 is 5.60 Å². The molecule has 0 aromatic heterocycles. The molecule has 1 saturated heterocycles. The summed E-state index contributed by atoms with van der Waals surface area (Å²) in [6.45, 7) is 9.11. The molecular formula is C13H26N2O3. The van der Waals surface area contributed by atoms with E-state index in [-0.39, 0.29) is 6.09 Å². The molecule has 1 rings (SSSR count). The SMILES string of the molecule is CC(C)(C)OC(=O)N1CCC(COCCN)CC1. The van der Waals surface area contributed by atoms with Crippen molar-refractivity contribution in [3.8, 4) is 0 Å². The Hall–Kier alpha value is -0.810. The third kappa shape index (κ3) is 5.69. The topological polar surface area (TPSA) is 64.8 Å². The summed E-state index contributed by atoms with van der Waals surface area (Å²) >= 11 is 0. The highest BCUT2D eigenvalue weighted by molar-refractivity contribution is 5.68. The molecule has 1 aliphatic rings. The fraction of sp³-hybridized carbons (Fsp3) is 0.923. The normalized spacial score (nSPS) is 17.9. The number of hydrogen-bond acceptors (Lipinski definition) is 4. The van der Waals surface area contributed by atoms with Gasteiger partial charge in [0.15, 0.2) is 0 Å². The van der Waals surface area contributed by atoms with Crippen LogP contribution in [0, 0.1) is 5.92 Å². The summed E-state index contributed by atoms with van der Waals surface area (Å²) < 4.78 is 10.8. The Morgan fingerprint density at radius 3 is 2.44 bits per heavy atom. The first kappa shape index (κ1) is 15.2. The molecule has 5 heteroatoms. The van der Waals surface area contributed by atoms with Crippen LogP contribution in [0.3, 0.4) is 0 Å². The average Bonchev–Trinajstić information content (AvgIpc) is 2.28. The van der Waals surface area contributed by atoms with Crippen LogP contribution in [0.2, 0.25) is 0 Å². The van der Waals surface area contributed by atoms with Gasteiger partial charge in [-0.2, -0.15) is 0 Å². The van der Waals surface area contributed by atoms with Crippen molar-refractivity contribution in [1.82, 2.24) is 4.90 Å². The van der Waals surface area contributed by atoms with Crippen LogP contribution in [0.15, 0.2) is 0 Å². The smallest absolute Gasteiger partial charge is 0.410 e. The van der Waals surface area contributed by atoms with Crippen LogP contribution in [0.5, 0.6) is 0 Å². The zero-order valence-corrected chi connectivity index (χ0v) is 11.8. The molecule has 5 nitrogen and oxygen atoms in total. The third-order valence-corrected chi connectivity index (χ3v) is 2.88. The standard InChI is InChI=1S/C13H26N2O3/c1-13(2,3)18-12(16)15-7-4-11(5-8-15)10-17-9-6-14/h11H,4-10,14H2,1-3H3. The number of nitrogens with zero attached hydrogens (tertiary/aromatic N) is 1. The average molecular weight is 258 g/mol. The van der Waals surface area contributed by atoms with Gasteiger partial charge in [-0.1, -0.05) is 0 Å². The van der Waals surface area contributed by atoms with Crippen LogP contribution in [0.4, 0.5) is 4.79 Å². The molecule has 1 aliphatic heterocycles. The summed E-state index contributed by atoms with van der Waals surface area (Å²) in [6, 6.07) is 0. The van der Waals surface area contributed by atoms with Gasteiger partial charge in [0.05, 0.1) is 6.61 Å². The molecule has 0 saturated carbocycles. The van der Waals surface area contributed by atoms with E-state index in [0.29, 0.717) is 19.1 Å². The largest absolute Gasteiger partial charge is 0.444 e. The van der Waals surface area contributed by atoms with Gasteiger partial charge in [0.1, 0.15) is 5.60 Å². The summed E-state index contributed by atoms with van der Waals surface area (Å²) in [5.41, 5.74) is 4.95. The van der Waals surface area contributed by atoms with Crippen LogP contribution in [-0.4, -0.2) is 49.4 Å². The molecule has 0 atom stereocenters. The lowest BCUT2D eigenvalue weighted by atomic mass is 9.98. The van der Waals surface area contributed by atoms with Crippen LogP contribution in [0.25, 0.3) is 0 Å². The Morgan fingerprint density at radius 2 is 1.94 bits per heavy atom. The Balaban J connectivity index is 2.24. The number of carbonyl (C=O) groups is 1. The van der Waals surface area contributed by atoms with Crippen molar-refractivity contribution in [2.24, 2.45) is 11.7 Å². The molecule has 0 spiro atoms. The van der Waals surface area contributed by atoms with Crippen LogP contribution < -0.4 is 5.73 Å². The van der Waals surface area contributed by atoms with Crippen molar-refractivity contribution in [2.45, 2.75) is 39.2 Å². The van der Waals surface area contributed by atoms with Crippen molar-refractivity contribution >= 4 is 6.09 Å². The Kier molecular flexibility index (Phi) is 5.88. The fourth-order valence-electron chi connectivity index (χ4n) is 1.94. The first-order valence-corrected chi connectivity index (χ1v) is 6.68. The molecule has 106 valence electrons. The number of amides is 1. The number of carbonyl (C=O) groups excluding carboxylic acids is 1. The van der Waals surface area contributed by atoms with E-state index in [1.54, 1.807) is 4.90 Å². The number of piperidine rings is 1. The molecule has 18 heavy (non-hydrogen) atoms. The molecule has 0 aromatic rings. The lowest BCUT2D eigenvalue weighted by Gasteiger charge is -2.33. The van der Waals surface area contributed by atoms with E-state index in [0.717, 1.165) is 32.5 Å². The summed E-state index contributed by atoms with van der Waals surface area (Å²) in [5.74, 6) is 0.537. The highest BCUT2D eigenvalue weighted by Gasteiger charge is 2.26. The Morgan fingerprint density at radius 1 is 1.33 bits per heavy atom. The van der Waals surface area contributed by atoms with Gasteiger partial charge in [0, 0.05) is 26.2 Å². The second-order valence-corrected chi connectivity index (χ2v) is 5.77. The Bertz CT molecular complexity index is 255. The van der Waals surface area contributed by atoms with Crippen molar-refractivity contribution < 1.29 is 14.3 Å². The van der Waals surface area contributed by atoms with Crippen molar-refractivity contribution in [3.05, 3.63) is 0 Å². The van der Waals surface area contributed by atoms with E-state index in [9.17, 15) is 4.79 Å². The van der Waals surface area contributed by atoms with E-state index in [1.165, 1.54) is 0 Å². The first-order valence-electron chi connectivity index (χ1n) is 6.68. The van der Waals surface area contributed by atoms with E-state index >= 15 is 0 Å². The molecule has 1 heterocycles. The van der Waals surface area contributed by atoms with Crippen molar-refractivity contribution in [1.29, 1.82) is 0 Å². The molecule has 0 unspecified atom stereocenters. The van der Waals surface area contributed by atoms with Gasteiger partial charge >= 0.3 is 6.09 Å². The Labute approximate surface area is 110 Å². The molecule has 1 amide bonds. The van der Waals surface area contributed by atoms with Crippen molar-refractivity contribution in [2.75, 3.05) is 32.8 Å². The van der Waals surface area contributed by atoms with Gasteiger partial charge in [-0.25, -0.2) is 4.79 Å². The summed E-state index contributed by atoms with van der Waals surface area (Å²) in [4.78, 5) is 13.6. The number of rotatable bonds is 4. The van der Waals surface area contributed by atoms with Crippen LogP contribution in [0.1, 0.15) is 33.6 Å². The zero-order chi connectivity index (χ0) is 13.6. The lowest BCUT2D eigenvalue weighted by molar-refractivity contribution is 0.0122. The van der Waals surface area contributed by atoms with Gasteiger partial charge in [-0.3, -0.25) is 0 Å². The summed E-state index contributed by atoms with van der Waals surface area (Å²) in [6.07, 6.45) is 1.75. The predicted molar refractivity (Wildman–Crippen MR) is 70.4 cm³/mol. The molecule has 1 fully saturated rings. The summed E-state index contributed by atoms with van der Waals surface area (Å²) in [7, 11) is 0. The van der Waals surface area contributed by atoms with Gasteiger partial charge in [-0.05, 0) is 39.5 Å². The maximum atomic E-state index is 11.8. The maximum absolute atomic E-state index is 11.8. The number of nitrogens with two attached hydrogens (primary N) is 1. The molecular weight excluding hydrogens is 232 g/mol. The zero-order valence-electron chi connectivity index (χ0n) is 11.8. The van der Waals surface area contributed by atoms with Gasteiger partial charge in [0.2, 0.25) is 0 Å². The van der Waals surface area contributed by atoms with E-state index in [4.69, 9.17) is 15.2 Å². The lowest BCUT2D eigenvalue weighted by Crippen LogP contribution is -2.42. The molecule has 0 aliphatic carbocycles. The van der Waals surface area contributed by atoms with Crippen LogP contribution >= 0.6 is 0 Å². The van der Waals surface area contributed by atoms with E-state index in [1.807, 2.05) is 20.8 Å². The maximum Gasteiger partial charge on any atom is 0.410 e. The monoisotopic (exact) mass is 258 g/mol. The number of hydrogen-bond donors (Lipinski definition) is 1. The molecule has 0 aromatic carbocycles. The third-order valence-electron chi connectivity index (χ3n) is 2.88. The minimum Gasteiger partial charge on any atom is -0.444 e. The van der Waals surface area contributed by atoms with Gasteiger partial charge in [-0.15, -0.1) is 0 Å². The first-order chi connectivity index (χ1) is 8.42. The van der Waals surface area contributed by atoms with E-state index in [2.05, 4.69) is 0 Å². The quantitative estimate of drug-likeness (QED) is 0.778.